The zero-order chi connectivity index (χ0) is 21.7. The molecule has 1 unspecified atom stereocenters. The van der Waals surface area contributed by atoms with Crippen molar-refractivity contribution in [2.24, 2.45) is 52.3 Å². The fourth-order valence-corrected chi connectivity index (χ4v) is 9.80. The molecule has 0 radical (unpaired) electrons. The first-order valence-electron chi connectivity index (χ1n) is 13.8. The van der Waals surface area contributed by atoms with Crippen LogP contribution in [0, 0.1) is 52.3 Å². The molecule has 0 aliphatic heterocycles. The van der Waals surface area contributed by atoms with Crippen LogP contribution in [0.15, 0.2) is 0 Å². The van der Waals surface area contributed by atoms with E-state index in [1.165, 1.54) is 51.4 Å². The molecule has 0 bridgehead atoms. The molecule has 0 N–H and O–H groups in total. The lowest BCUT2D eigenvalue weighted by molar-refractivity contribution is -0.124. The van der Waals surface area contributed by atoms with Gasteiger partial charge in [-0.3, -0.25) is 0 Å². The van der Waals surface area contributed by atoms with E-state index in [4.69, 9.17) is 0 Å². The molecule has 0 aromatic heterocycles. The highest BCUT2D eigenvalue weighted by Gasteiger charge is 2.60. The molecule has 0 heterocycles. The summed E-state index contributed by atoms with van der Waals surface area (Å²) in [6.07, 6.45) is 18.0. The van der Waals surface area contributed by atoms with Gasteiger partial charge < -0.3 is 4.90 Å². The fraction of sp³-hybridized carbons (Fsp3) is 1.00. The number of nitrogens with zero attached hydrogens (tertiary/aromatic N) is 1. The Bertz CT molecular complexity index is 581. The fourth-order valence-electron chi connectivity index (χ4n) is 9.80. The standard InChI is InChI=1S/C29H53N/c1-20(2)9-8-10-21(3)25-15-16-26-24-14-12-22-11-13-23(30(6)7)19-29(22,5)27(24)17-18-28(25,26)4/h20-27H,8-19H2,1-7H3/t21-,22-,23?,24+,25-,26+,27+,28-,29+/m1/s1. The highest BCUT2D eigenvalue weighted by Crippen LogP contribution is 2.68. The molecule has 4 aliphatic rings. The zero-order valence-electron chi connectivity index (χ0n) is 21.6. The average Bonchev–Trinajstić information content (AvgIpc) is 3.04. The molecule has 4 rings (SSSR count). The van der Waals surface area contributed by atoms with Crippen molar-refractivity contribution in [2.75, 3.05) is 14.1 Å². The predicted octanol–water partition coefficient (Wildman–Crippen LogP) is 8.04. The average molecular weight is 416 g/mol. The summed E-state index contributed by atoms with van der Waals surface area (Å²) >= 11 is 0. The third-order valence-corrected chi connectivity index (χ3v) is 11.5. The van der Waals surface area contributed by atoms with Gasteiger partial charge in [0.1, 0.15) is 0 Å². The minimum Gasteiger partial charge on any atom is -0.306 e. The largest absolute Gasteiger partial charge is 0.306 e. The summed E-state index contributed by atoms with van der Waals surface area (Å²) in [5, 5.41) is 0. The number of hydrogen-bond donors (Lipinski definition) is 0. The maximum absolute atomic E-state index is 2.75. The van der Waals surface area contributed by atoms with Crippen LogP contribution in [0.4, 0.5) is 0 Å². The van der Waals surface area contributed by atoms with Gasteiger partial charge in [0, 0.05) is 6.04 Å². The highest BCUT2D eigenvalue weighted by molar-refractivity contribution is 5.10. The van der Waals surface area contributed by atoms with Crippen molar-refractivity contribution in [1.82, 2.24) is 4.90 Å². The lowest BCUT2D eigenvalue weighted by atomic mass is 9.44. The number of fused-ring (bicyclic) bond motifs is 5. The van der Waals surface area contributed by atoms with E-state index in [1.807, 2.05) is 0 Å². The quantitative estimate of drug-likeness (QED) is 0.424. The van der Waals surface area contributed by atoms with Crippen LogP contribution in [0.3, 0.4) is 0 Å². The first kappa shape index (κ1) is 23.1. The molecule has 0 spiro atoms. The van der Waals surface area contributed by atoms with Gasteiger partial charge in [-0.25, -0.2) is 0 Å². The molecule has 0 saturated heterocycles. The van der Waals surface area contributed by atoms with Gasteiger partial charge in [-0.05, 0) is 124 Å². The van der Waals surface area contributed by atoms with Gasteiger partial charge in [-0.2, -0.15) is 0 Å². The van der Waals surface area contributed by atoms with Gasteiger partial charge in [0.2, 0.25) is 0 Å². The summed E-state index contributed by atoms with van der Waals surface area (Å²) in [4.78, 5) is 2.54. The van der Waals surface area contributed by atoms with Crippen LogP contribution in [0.1, 0.15) is 112 Å². The second-order valence-corrected chi connectivity index (χ2v) is 13.6. The van der Waals surface area contributed by atoms with Crippen molar-refractivity contribution in [3.8, 4) is 0 Å². The van der Waals surface area contributed by atoms with Crippen molar-refractivity contribution < 1.29 is 0 Å². The van der Waals surface area contributed by atoms with Crippen molar-refractivity contribution in [3.63, 3.8) is 0 Å². The Kier molecular flexibility index (Phi) is 6.72. The Morgan fingerprint density at radius 2 is 1.50 bits per heavy atom. The molecule has 0 amide bonds. The van der Waals surface area contributed by atoms with E-state index in [9.17, 15) is 0 Å². The Balaban J connectivity index is 1.48. The van der Waals surface area contributed by atoms with E-state index in [0.717, 1.165) is 47.5 Å². The molecule has 1 heteroatoms. The molecule has 0 aromatic carbocycles. The third kappa shape index (κ3) is 3.92. The third-order valence-electron chi connectivity index (χ3n) is 11.5. The molecular weight excluding hydrogens is 362 g/mol. The SMILES string of the molecule is CC(C)CCC[C@@H](C)[C@H]1CC[C@H]2[C@@H]3CC[C@H]4CCC(N(C)C)C[C@]4(C)[C@H]3CC[C@]12C. The molecule has 1 nitrogen and oxygen atoms in total. The summed E-state index contributed by atoms with van der Waals surface area (Å²) in [5.74, 6) is 6.93. The van der Waals surface area contributed by atoms with E-state index >= 15 is 0 Å². The minimum absolute atomic E-state index is 0.623. The topological polar surface area (TPSA) is 3.24 Å². The van der Waals surface area contributed by atoms with E-state index in [2.05, 4.69) is 53.6 Å². The summed E-state index contributed by atoms with van der Waals surface area (Å²) in [5.41, 5.74) is 1.27. The van der Waals surface area contributed by atoms with Crippen LogP contribution >= 0.6 is 0 Å². The first-order valence-corrected chi connectivity index (χ1v) is 13.8. The van der Waals surface area contributed by atoms with Gasteiger partial charge in [0.25, 0.3) is 0 Å². The smallest absolute Gasteiger partial charge is 0.00946 e. The van der Waals surface area contributed by atoms with Crippen LogP contribution in [0.2, 0.25) is 0 Å². The van der Waals surface area contributed by atoms with Gasteiger partial charge >= 0.3 is 0 Å². The molecule has 4 aliphatic carbocycles. The molecular formula is C29H53N. The van der Waals surface area contributed by atoms with E-state index < -0.39 is 0 Å². The minimum atomic E-state index is 0.623. The lowest BCUT2D eigenvalue weighted by Gasteiger charge is -2.62. The monoisotopic (exact) mass is 415 g/mol. The Morgan fingerprint density at radius 1 is 0.800 bits per heavy atom. The van der Waals surface area contributed by atoms with E-state index in [0.29, 0.717) is 10.8 Å². The van der Waals surface area contributed by atoms with Crippen LogP contribution in [0.5, 0.6) is 0 Å². The van der Waals surface area contributed by atoms with Crippen LogP contribution < -0.4 is 0 Å². The highest BCUT2D eigenvalue weighted by atomic mass is 15.1. The first-order chi connectivity index (χ1) is 14.2. The van der Waals surface area contributed by atoms with Gasteiger partial charge in [-0.1, -0.05) is 53.9 Å². The normalized spacial score (nSPS) is 47.1. The summed E-state index contributed by atoms with van der Waals surface area (Å²) < 4.78 is 0. The predicted molar refractivity (Wildman–Crippen MR) is 131 cm³/mol. The van der Waals surface area contributed by atoms with Crippen LogP contribution in [-0.4, -0.2) is 25.0 Å². The molecule has 174 valence electrons. The van der Waals surface area contributed by atoms with Gasteiger partial charge in [-0.15, -0.1) is 0 Å². The Labute approximate surface area is 189 Å². The van der Waals surface area contributed by atoms with E-state index in [1.54, 1.807) is 25.7 Å². The van der Waals surface area contributed by atoms with Gasteiger partial charge in [0.05, 0.1) is 0 Å². The number of rotatable bonds is 6. The van der Waals surface area contributed by atoms with Crippen molar-refractivity contribution >= 4 is 0 Å². The van der Waals surface area contributed by atoms with Crippen LogP contribution in [0.25, 0.3) is 0 Å². The Morgan fingerprint density at radius 3 is 2.20 bits per heavy atom. The second-order valence-electron chi connectivity index (χ2n) is 13.6. The summed E-state index contributed by atoms with van der Waals surface area (Å²) in [6, 6.07) is 0.829. The van der Waals surface area contributed by atoms with Crippen LogP contribution in [-0.2, 0) is 0 Å². The van der Waals surface area contributed by atoms with Crippen molar-refractivity contribution in [2.45, 2.75) is 118 Å². The Hall–Kier alpha value is -0.0400. The molecule has 4 saturated carbocycles. The summed E-state index contributed by atoms with van der Waals surface area (Å²) in [6.45, 7) is 12.9. The van der Waals surface area contributed by atoms with Gasteiger partial charge in [0.15, 0.2) is 0 Å². The number of hydrogen-bond acceptors (Lipinski definition) is 1. The van der Waals surface area contributed by atoms with Crippen molar-refractivity contribution in [3.05, 3.63) is 0 Å². The molecule has 30 heavy (non-hydrogen) atoms. The summed E-state index contributed by atoms with van der Waals surface area (Å²) in [7, 11) is 4.66. The van der Waals surface area contributed by atoms with E-state index in [-0.39, 0.29) is 0 Å². The molecule has 4 fully saturated rings. The molecule has 9 atom stereocenters. The maximum Gasteiger partial charge on any atom is 0.00946 e. The lowest BCUT2D eigenvalue weighted by Crippen LogP contribution is -2.55. The maximum atomic E-state index is 2.75. The second kappa shape index (κ2) is 8.72. The van der Waals surface area contributed by atoms with Crippen molar-refractivity contribution in [1.29, 1.82) is 0 Å². The zero-order valence-corrected chi connectivity index (χ0v) is 21.6. The molecule has 0 aromatic rings.